The summed E-state index contributed by atoms with van der Waals surface area (Å²) in [6.07, 6.45) is 7.46. The largest absolute Gasteiger partial charge is 0.494 e. The summed E-state index contributed by atoms with van der Waals surface area (Å²) >= 11 is 0. The van der Waals surface area contributed by atoms with Crippen LogP contribution in [0.25, 0.3) is 11.1 Å². The molecule has 2 aromatic carbocycles. The molecule has 0 aromatic heterocycles. The molecule has 4 heteroatoms. The van der Waals surface area contributed by atoms with Gasteiger partial charge in [-0.25, -0.2) is 0 Å². The van der Waals surface area contributed by atoms with E-state index in [1.807, 2.05) is 36.4 Å². The van der Waals surface area contributed by atoms with Gasteiger partial charge in [0.05, 0.1) is 12.7 Å². The molecule has 1 aliphatic rings. The van der Waals surface area contributed by atoms with Crippen molar-refractivity contribution >= 4 is 0 Å². The lowest BCUT2D eigenvalue weighted by Gasteiger charge is -2.30. The number of rotatable bonds is 11. The Kier molecular flexibility index (Phi) is 9.19. The molecule has 1 heterocycles. The molecule has 0 radical (unpaired) electrons. The molecule has 30 heavy (non-hydrogen) atoms. The standard InChI is InChI=1S/C26H37NO3/c1-3-4-5-6-7-20-29-24-14-12-22(13-15-24)21-8-10-23(11-9-21)26(28)30-25-16-18-27(2)19-17-25/h8-15,25-26,28H,3-7,16-20H2,1-2H3. The van der Waals surface area contributed by atoms with E-state index in [-0.39, 0.29) is 6.10 Å². The Bertz CT molecular complexity index is 721. The summed E-state index contributed by atoms with van der Waals surface area (Å²) in [6.45, 7) is 5.06. The fourth-order valence-electron chi connectivity index (χ4n) is 3.86. The maximum absolute atomic E-state index is 10.4. The minimum absolute atomic E-state index is 0.134. The number of nitrogens with zero attached hydrogens (tertiary/aromatic N) is 1. The highest BCUT2D eigenvalue weighted by atomic mass is 16.6. The summed E-state index contributed by atoms with van der Waals surface area (Å²) in [6, 6.07) is 16.2. The molecular weight excluding hydrogens is 374 g/mol. The van der Waals surface area contributed by atoms with Crippen LogP contribution >= 0.6 is 0 Å². The van der Waals surface area contributed by atoms with Gasteiger partial charge in [0.25, 0.3) is 0 Å². The van der Waals surface area contributed by atoms with E-state index in [4.69, 9.17) is 9.47 Å². The normalized spacial score (nSPS) is 16.5. The molecule has 1 aliphatic heterocycles. The van der Waals surface area contributed by atoms with Crippen LogP contribution < -0.4 is 4.74 Å². The van der Waals surface area contributed by atoms with Gasteiger partial charge in [-0.1, -0.05) is 69.0 Å². The van der Waals surface area contributed by atoms with Gasteiger partial charge >= 0.3 is 0 Å². The quantitative estimate of drug-likeness (QED) is 0.374. The van der Waals surface area contributed by atoms with Crippen molar-refractivity contribution in [3.8, 4) is 16.9 Å². The molecule has 1 atom stereocenters. The van der Waals surface area contributed by atoms with E-state index in [1.165, 1.54) is 25.7 Å². The number of likely N-dealkylation sites (tertiary alicyclic amines) is 1. The van der Waals surface area contributed by atoms with Crippen LogP contribution in [-0.2, 0) is 4.74 Å². The zero-order chi connectivity index (χ0) is 21.2. The smallest absolute Gasteiger partial charge is 0.181 e. The topological polar surface area (TPSA) is 41.9 Å². The van der Waals surface area contributed by atoms with Gasteiger partial charge in [0.15, 0.2) is 6.29 Å². The van der Waals surface area contributed by atoms with Crippen LogP contribution in [-0.4, -0.2) is 42.9 Å². The van der Waals surface area contributed by atoms with E-state index >= 15 is 0 Å². The second-order valence-corrected chi connectivity index (χ2v) is 8.40. The lowest BCUT2D eigenvalue weighted by molar-refractivity contribution is -0.150. The number of hydrogen-bond donors (Lipinski definition) is 1. The molecule has 4 nitrogen and oxygen atoms in total. The predicted octanol–water partition coefficient (Wildman–Crippen LogP) is 5.80. The number of aliphatic hydroxyl groups excluding tert-OH is 1. The predicted molar refractivity (Wildman–Crippen MR) is 123 cm³/mol. The summed E-state index contributed by atoms with van der Waals surface area (Å²) in [5.74, 6) is 0.924. The van der Waals surface area contributed by atoms with Crippen LogP contribution in [0.15, 0.2) is 48.5 Å². The van der Waals surface area contributed by atoms with E-state index in [2.05, 4.69) is 31.0 Å². The molecule has 1 saturated heterocycles. The number of piperidine rings is 1. The second-order valence-electron chi connectivity index (χ2n) is 8.40. The molecule has 1 N–H and O–H groups in total. The first-order valence-corrected chi connectivity index (χ1v) is 11.5. The summed E-state index contributed by atoms with van der Waals surface area (Å²) in [7, 11) is 2.12. The van der Waals surface area contributed by atoms with E-state index in [9.17, 15) is 5.11 Å². The third-order valence-electron chi connectivity index (χ3n) is 5.89. The van der Waals surface area contributed by atoms with Crippen LogP contribution in [0.3, 0.4) is 0 Å². The Balaban J connectivity index is 1.47. The number of unbranched alkanes of at least 4 members (excludes halogenated alkanes) is 4. The van der Waals surface area contributed by atoms with Gasteiger partial charge in [-0.3, -0.25) is 0 Å². The SMILES string of the molecule is CCCCCCCOc1ccc(-c2ccc(C(O)OC3CCN(C)CC3)cc2)cc1. The molecule has 1 unspecified atom stereocenters. The molecule has 0 saturated carbocycles. The maximum Gasteiger partial charge on any atom is 0.181 e. The highest BCUT2D eigenvalue weighted by molar-refractivity contribution is 5.64. The van der Waals surface area contributed by atoms with Crippen molar-refractivity contribution in [3.63, 3.8) is 0 Å². The molecule has 0 bridgehead atoms. The zero-order valence-corrected chi connectivity index (χ0v) is 18.6. The van der Waals surface area contributed by atoms with E-state index in [0.717, 1.165) is 61.4 Å². The average molecular weight is 412 g/mol. The molecule has 0 amide bonds. The van der Waals surface area contributed by atoms with Crippen molar-refractivity contribution in [2.45, 2.75) is 64.3 Å². The Morgan fingerprint density at radius 2 is 1.50 bits per heavy atom. The Morgan fingerprint density at radius 3 is 2.13 bits per heavy atom. The number of aliphatic hydroxyl groups is 1. The van der Waals surface area contributed by atoms with Crippen molar-refractivity contribution in [2.24, 2.45) is 0 Å². The minimum atomic E-state index is -0.861. The van der Waals surface area contributed by atoms with Gasteiger partial charge in [0.1, 0.15) is 5.75 Å². The lowest BCUT2D eigenvalue weighted by atomic mass is 10.0. The Morgan fingerprint density at radius 1 is 0.900 bits per heavy atom. The molecule has 0 spiro atoms. The van der Waals surface area contributed by atoms with Crippen LogP contribution in [0, 0.1) is 0 Å². The Labute approximate surface area is 181 Å². The van der Waals surface area contributed by atoms with Gasteiger partial charge in [-0.15, -0.1) is 0 Å². The highest BCUT2D eigenvalue weighted by Crippen LogP contribution is 2.26. The third-order valence-corrected chi connectivity index (χ3v) is 5.89. The monoisotopic (exact) mass is 411 g/mol. The van der Waals surface area contributed by atoms with Crippen molar-refractivity contribution in [3.05, 3.63) is 54.1 Å². The molecule has 164 valence electrons. The minimum Gasteiger partial charge on any atom is -0.494 e. The van der Waals surface area contributed by atoms with Crippen LogP contribution in [0.5, 0.6) is 5.75 Å². The molecule has 3 rings (SSSR count). The first-order chi connectivity index (χ1) is 14.7. The maximum atomic E-state index is 10.4. The fraction of sp³-hybridized carbons (Fsp3) is 0.538. The van der Waals surface area contributed by atoms with Gasteiger partial charge in [0, 0.05) is 18.7 Å². The fourth-order valence-corrected chi connectivity index (χ4v) is 3.86. The summed E-state index contributed by atoms with van der Waals surface area (Å²) in [4.78, 5) is 2.30. The molecular formula is C26H37NO3. The third kappa shape index (κ3) is 7.12. The summed E-state index contributed by atoms with van der Waals surface area (Å²) in [5, 5.41) is 10.4. The summed E-state index contributed by atoms with van der Waals surface area (Å²) < 4.78 is 11.7. The van der Waals surface area contributed by atoms with E-state index in [1.54, 1.807) is 0 Å². The molecule has 2 aromatic rings. The van der Waals surface area contributed by atoms with Gasteiger partial charge in [0.2, 0.25) is 0 Å². The van der Waals surface area contributed by atoms with Gasteiger partial charge in [-0.05, 0) is 49.6 Å². The second kappa shape index (κ2) is 12.1. The highest BCUT2D eigenvalue weighted by Gasteiger charge is 2.20. The van der Waals surface area contributed by atoms with Crippen molar-refractivity contribution in [1.29, 1.82) is 0 Å². The Hall–Kier alpha value is -1.88. The van der Waals surface area contributed by atoms with Crippen molar-refractivity contribution in [1.82, 2.24) is 4.90 Å². The van der Waals surface area contributed by atoms with Gasteiger partial charge in [-0.2, -0.15) is 0 Å². The first-order valence-electron chi connectivity index (χ1n) is 11.5. The van der Waals surface area contributed by atoms with Crippen LogP contribution in [0.4, 0.5) is 0 Å². The molecule has 1 fully saturated rings. The summed E-state index contributed by atoms with van der Waals surface area (Å²) in [5.41, 5.74) is 3.07. The zero-order valence-electron chi connectivity index (χ0n) is 18.6. The average Bonchev–Trinajstić information content (AvgIpc) is 2.78. The lowest BCUT2D eigenvalue weighted by Crippen LogP contribution is -2.34. The number of hydrogen-bond acceptors (Lipinski definition) is 4. The van der Waals surface area contributed by atoms with Crippen molar-refractivity contribution < 1.29 is 14.6 Å². The van der Waals surface area contributed by atoms with Gasteiger partial charge < -0.3 is 19.5 Å². The number of ether oxygens (including phenoxy) is 2. The van der Waals surface area contributed by atoms with Crippen LogP contribution in [0.2, 0.25) is 0 Å². The van der Waals surface area contributed by atoms with E-state index < -0.39 is 6.29 Å². The van der Waals surface area contributed by atoms with Crippen LogP contribution in [0.1, 0.15) is 63.7 Å². The number of benzene rings is 2. The molecule has 0 aliphatic carbocycles. The van der Waals surface area contributed by atoms with Crippen molar-refractivity contribution in [2.75, 3.05) is 26.7 Å². The van der Waals surface area contributed by atoms with E-state index in [0.29, 0.717) is 0 Å². The first kappa shape index (κ1) is 22.8.